The highest BCUT2D eigenvalue weighted by Gasteiger charge is 2.23. The molecule has 0 aliphatic carbocycles. The number of hydrogen-bond donors (Lipinski definition) is 0. The highest BCUT2D eigenvalue weighted by atomic mass is 35.5. The Morgan fingerprint density at radius 1 is 1.16 bits per heavy atom. The highest BCUT2D eigenvalue weighted by Crippen LogP contribution is 2.35. The molecule has 0 bridgehead atoms. The Hall–Kier alpha value is -1.55. The molecule has 1 aliphatic heterocycles. The van der Waals surface area contributed by atoms with E-state index in [2.05, 4.69) is 33.6 Å². The lowest BCUT2D eigenvalue weighted by Crippen LogP contribution is -2.27. The van der Waals surface area contributed by atoms with E-state index in [9.17, 15) is 0 Å². The summed E-state index contributed by atoms with van der Waals surface area (Å²) in [7, 11) is 2.17. The molecule has 0 atom stereocenters. The fraction of sp³-hybridized carbons (Fsp3) is 0.350. The van der Waals surface area contributed by atoms with Crippen LogP contribution in [0.25, 0.3) is 10.9 Å². The van der Waals surface area contributed by atoms with E-state index in [4.69, 9.17) is 23.2 Å². The van der Waals surface area contributed by atoms with Crippen molar-refractivity contribution in [3.8, 4) is 0 Å². The predicted octanol–water partition coefficient (Wildman–Crippen LogP) is 4.88. The minimum absolute atomic E-state index is 0.621. The van der Waals surface area contributed by atoms with E-state index in [-0.39, 0.29) is 0 Å². The number of pyridine rings is 1. The molecule has 3 aromatic rings. The number of likely N-dealkylation sites (N-methyl/N-ethyl adjacent to an activating group) is 1. The molecule has 1 aromatic carbocycles. The van der Waals surface area contributed by atoms with Gasteiger partial charge >= 0.3 is 0 Å². The quantitative estimate of drug-likeness (QED) is 0.651. The van der Waals surface area contributed by atoms with Crippen molar-refractivity contribution in [1.82, 2.24) is 14.5 Å². The molecule has 0 fully saturated rings. The third kappa shape index (κ3) is 3.17. The van der Waals surface area contributed by atoms with Crippen LogP contribution in [0.1, 0.15) is 22.5 Å². The Balaban J connectivity index is 1.76. The van der Waals surface area contributed by atoms with Crippen LogP contribution in [0.4, 0.5) is 0 Å². The van der Waals surface area contributed by atoms with Crippen LogP contribution in [0.3, 0.4) is 0 Å². The van der Waals surface area contributed by atoms with Crippen molar-refractivity contribution < 1.29 is 0 Å². The maximum Gasteiger partial charge on any atom is 0.0613 e. The van der Waals surface area contributed by atoms with Crippen molar-refractivity contribution in [3.63, 3.8) is 0 Å². The van der Waals surface area contributed by atoms with Crippen LogP contribution in [-0.2, 0) is 25.9 Å². The van der Waals surface area contributed by atoms with Crippen LogP contribution in [0.15, 0.2) is 30.5 Å². The zero-order valence-corrected chi connectivity index (χ0v) is 16.0. The molecule has 1 aliphatic rings. The average Bonchev–Trinajstić information content (AvgIpc) is 2.87. The number of fused-ring (bicyclic) bond motifs is 3. The molecule has 0 N–H and O–H groups in total. The van der Waals surface area contributed by atoms with Crippen LogP contribution in [0.5, 0.6) is 0 Å². The van der Waals surface area contributed by atoms with Gasteiger partial charge < -0.3 is 9.47 Å². The summed E-state index contributed by atoms with van der Waals surface area (Å²) >= 11 is 12.6. The first-order chi connectivity index (χ1) is 12.0. The SMILES string of the molecule is Cc1ccc(CCn2c3c(c4cc(Cl)c(Cl)cc42)CN(C)CC3)cn1. The predicted molar refractivity (Wildman–Crippen MR) is 105 cm³/mol. The Morgan fingerprint density at radius 3 is 2.72 bits per heavy atom. The van der Waals surface area contributed by atoms with Gasteiger partial charge in [-0.3, -0.25) is 4.98 Å². The molecule has 130 valence electrons. The summed E-state index contributed by atoms with van der Waals surface area (Å²) in [5.74, 6) is 0. The molecule has 0 radical (unpaired) electrons. The molecule has 0 saturated heterocycles. The van der Waals surface area contributed by atoms with Crippen molar-refractivity contribution in [2.45, 2.75) is 32.9 Å². The highest BCUT2D eigenvalue weighted by molar-refractivity contribution is 6.42. The van der Waals surface area contributed by atoms with Gasteiger partial charge in [-0.1, -0.05) is 29.3 Å². The lowest BCUT2D eigenvalue weighted by Gasteiger charge is -2.24. The number of aromatic nitrogens is 2. The number of rotatable bonds is 3. The third-order valence-corrected chi connectivity index (χ3v) is 5.81. The van der Waals surface area contributed by atoms with Crippen molar-refractivity contribution in [2.24, 2.45) is 0 Å². The summed E-state index contributed by atoms with van der Waals surface area (Å²) < 4.78 is 2.43. The molecule has 0 amide bonds. The summed E-state index contributed by atoms with van der Waals surface area (Å²) in [5, 5.41) is 2.48. The Bertz CT molecular complexity index is 929. The largest absolute Gasteiger partial charge is 0.344 e. The van der Waals surface area contributed by atoms with Gasteiger partial charge in [0, 0.05) is 49.0 Å². The standard InChI is InChI=1S/C20H21Cl2N3/c1-13-3-4-14(11-23-13)5-8-25-19-6-7-24(2)12-16(19)15-9-17(21)18(22)10-20(15)25/h3-4,9-11H,5-8,12H2,1-2H3. The first-order valence-corrected chi connectivity index (χ1v) is 9.37. The van der Waals surface area contributed by atoms with Crippen LogP contribution >= 0.6 is 23.2 Å². The van der Waals surface area contributed by atoms with Crippen LogP contribution < -0.4 is 0 Å². The van der Waals surface area contributed by atoms with Crippen molar-refractivity contribution in [3.05, 3.63) is 63.0 Å². The molecule has 5 heteroatoms. The second-order valence-corrected chi connectivity index (χ2v) is 7.72. The van der Waals surface area contributed by atoms with Gasteiger partial charge in [0.05, 0.1) is 15.6 Å². The fourth-order valence-corrected chi connectivity index (χ4v) is 4.04. The maximum absolute atomic E-state index is 6.32. The molecule has 2 aromatic heterocycles. The second kappa shape index (κ2) is 6.64. The summed E-state index contributed by atoms with van der Waals surface area (Å²) in [6.07, 6.45) is 3.99. The van der Waals surface area contributed by atoms with E-state index in [1.54, 1.807) is 0 Å². The second-order valence-electron chi connectivity index (χ2n) is 6.91. The van der Waals surface area contributed by atoms with E-state index < -0.39 is 0 Å². The van der Waals surface area contributed by atoms with Gasteiger partial charge in [-0.05, 0) is 49.7 Å². The average molecular weight is 374 g/mol. The number of nitrogens with zero attached hydrogens (tertiary/aromatic N) is 3. The van der Waals surface area contributed by atoms with Gasteiger partial charge in [0.1, 0.15) is 0 Å². The topological polar surface area (TPSA) is 21.1 Å². The smallest absolute Gasteiger partial charge is 0.0613 e. The zero-order chi connectivity index (χ0) is 17.6. The van der Waals surface area contributed by atoms with Crippen molar-refractivity contribution in [2.75, 3.05) is 13.6 Å². The molecule has 0 spiro atoms. The normalized spacial score (nSPS) is 14.9. The van der Waals surface area contributed by atoms with E-state index in [1.165, 1.54) is 27.7 Å². The van der Waals surface area contributed by atoms with Crippen LogP contribution in [0, 0.1) is 6.92 Å². The van der Waals surface area contributed by atoms with E-state index in [0.717, 1.165) is 38.2 Å². The van der Waals surface area contributed by atoms with Crippen molar-refractivity contribution >= 4 is 34.1 Å². The van der Waals surface area contributed by atoms with Gasteiger partial charge in [-0.2, -0.15) is 0 Å². The number of aryl methyl sites for hydroxylation is 3. The Morgan fingerprint density at radius 2 is 1.96 bits per heavy atom. The maximum atomic E-state index is 6.32. The molecule has 25 heavy (non-hydrogen) atoms. The van der Waals surface area contributed by atoms with E-state index in [0.29, 0.717) is 10.0 Å². The van der Waals surface area contributed by atoms with E-state index >= 15 is 0 Å². The first kappa shape index (κ1) is 16.9. The lowest BCUT2D eigenvalue weighted by molar-refractivity contribution is 0.309. The zero-order valence-electron chi connectivity index (χ0n) is 14.5. The molecule has 0 unspecified atom stereocenters. The van der Waals surface area contributed by atoms with Gasteiger partial charge in [0.25, 0.3) is 0 Å². The molecule has 3 nitrogen and oxygen atoms in total. The van der Waals surface area contributed by atoms with Gasteiger partial charge in [-0.25, -0.2) is 0 Å². The fourth-order valence-electron chi connectivity index (χ4n) is 3.72. The first-order valence-electron chi connectivity index (χ1n) is 8.62. The van der Waals surface area contributed by atoms with Gasteiger partial charge in [0.2, 0.25) is 0 Å². The summed E-state index contributed by atoms with van der Waals surface area (Å²) in [4.78, 5) is 6.77. The Labute approximate surface area is 158 Å². The molecular weight excluding hydrogens is 353 g/mol. The van der Waals surface area contributed by atoms with Crippen LogP contribution in [0.2, 0.25) is 10.0 Å². The summed E-state index contributed by atoms with van der Waals surface area (Å²) in [5.41, 5.74) is 6.32. The lowest BCUT2D eigenvalue weighted by atomic mass is 10.1. The van der Waals surface area contributed by atoms with Gasteiger partial charge in [0.15, 0.2) is 0 Å². The monoisotopic (exact) mass is 373 g/mol. The minimum atomic E-state index is 0.621. The number of halogens is 2. The van der Waals surface area contributed by atoms with E-state index in [1.807, 2.05) is 25.3 Å². The molecule has 3 heterocycles. The van der Waals surface area contributed by atoms with Gasteiger partial charge in [-0.15, -0.1) is 0 Å². The molecule has 0 saturated carbocycles. The van der Waals surface area contributed by atoms with Crippen molar-refractivity contribution in [1.29, 1.82) is 0 Å². The summed E-state index contributed by atoms with van der Waals surface area (Å²) in [6.45, 7) is 4.99. The van der Waals surface area contributed by atoms with Crippen LogP contribution in [-0.4, -0.2) is 28.0 Å². The Kier molecular flexibility index (Phi) is 4.48. The summed E-state index contributed by atoms with van der Waals surface area (Å²) in [6, 6.07) is 8.29. The number of benzene rings is 1. The molecule has 4 rings (SSSR count). The third-order valence-electron chi connectivity index (χ3n) is 5.08. The number of hydrogen-bond acceptors (Lipinski definition) is 2. The molecular formula is C20H21Cl2N3. The minimum Gasteiger partial charge on any atom is -0.344 e.